The molecule has 0 saturated carbocycles. The van der Waals surface area contributed by atoms with Crippen LogP contribution in [0.15, 0.2) is 18.3 Å². The Morgan fingerprint density at radius 3 is 2.74 bits per heavy atom. The van der Waals surface area contributed by atoms with E-state index in [2.05, 4.69) is 4.98 Å². The van der Waals surface area contributed by atoms with Crippen molar-refractivity contribution in [2.24, 2.45) is 5.41 Å². The quantitative estimate of drug-likeness (QED) is 0.898. The number of aromatic nitrogens is 1. The number of carboxylic acid groups (broad SMARTS) is 1. The smallest absolute Gasteiger partial charge is 0.417 e. The number of pyridine rings is 1. The SMILES string of the molecule is COCC[C@]1(C(=O)O)CCCN(c2ccc(C(F)(F)F)cn2)C1. The number of halogens is 3. The van der Waals surface area contributed by atoms with E-state index in [4.69, 9.17) is 4.74 Å². The van der Waals surface area contributed by atoms with E-state index < -0.39 is 23.1 Å². The highest BCUT2D eigenvalue weighted by Gasteiger charge is 2.42. The lowest BCUT2D eigenvalue weighted by atomic mass is 9.77. The first-order chi connectivity index (χ1) is 10.8. The van der Waals surface area contributed by atoms with Crippen LogP contribution in [0.3, 0.4) is 0 Å². The lowest BCUT2D eigenvalue weighted by Crippen LogP contribution is -2.48. The molecule has 0 bridgehead atoms. The Labute approximate surface area is 132 Å². The zero-order valence-electron chi connectivity index (χ0n) is 12.8. The number of alkyl halides is 3. The van der Waals surface area contributed by atoms with E-state index in [0.717, 1.165) is 12.3 Å². The highest BCUT2D eigenvalue weighted by atomic mass is 19.4. The van der Waals surface area contributed by atoms with Gasteiger partial charge in [0.05, 0.1) is 11.0 Å². The second-order valence-electron chi connectivity index (χ2n) is 5.76. The summed E-state index contributed by atoms with van der Waals surface area (Å²) in [6.45, 7) is 1.10. The Morgan fingerprint density at radius 1 is 1.48 bits per heavy atom. The summed E-state index contributed by atoms with van der Waals surface area (Å²) < 4.78 is 42.7. The van der Waals surface area contributed by atoms with E-state index in [-0.39, 0.29) is 6.54 Å². The summed E-state index contributed by atoms with van der Waals surface area (Å²) in [6, 6.07) is 2.26. The number of anilines is 1. The van der Waals surface area contributed by atoms with E-state index in [9.17, 15) is 23.1 Å². The van der Waals surface area contributed by atoms with Gasteiger partial charge in [-0.2, -0.15) is 13.2 Å². The maximum Gasteiger partial charge on any atom is 0.417 e. The molecule has 0 amide bonds. The van der Waals surface area contributed by atoms with Crippen molar-refractivity contribution in [3.8, 4) is 0 Å². The largest absolute Gasteiger partial charge is 0.481 e. The Balaban J connectivity index is 2.18. The molecule has 0 aromatic carbocycles. The molecule has 1 aliphatic rings. The molecule has 23 heavy (non-hydrogen) atoms. The van der Waals surface area contributed by atoms with Crippen molar-refractivity contribution in [1.29, 1.82) is 0 Å². The van der Waals surface area contributed by atoms with Gasteiger partial charge in [0, 0.05) is 33.0 Å². The van der Waals surface area contributed by atoms with Gasteiger partial charge in [0.1, 0.15) is 5.82 Å². The number of carbonyl (C=O) groups is 1. The average Bonchev–Trinajstić information content (AvgIpc) is 2.52. The number of carboxylic acids is 1. The molecular weight excluding hydrogens is 313 g/mol. The topological polar surface area (TPSA) is 62.7 Å². The standard InChI is InChI=1S/C15H19F3N2O3/c1-23-8-6-14(13(21)22)5-2-7-20(10-14)12-4-3-11(9-19-12)15(16,17)18/h3-4,9H,2,5-8,10H2,1H3,(H,21,22)/t14-/m1/s1. The van der Waals surface area contributed by atoms with Crippen molar-refractivity contribution in [2.75, 3.05) is 31.7 Å². The lowest BCUT2D eigenvalue weighted by molar-refractivity contribution is -0.150. The van der Waals surface area contributed by atoms with Crippen molar-refractivity contribution in [2.45, 2.75) is 25.4 Å². The summed E-state index contributed by atoms with van der Waals surface area (Å²) in [4.78, 5) is 17.3. The number of rotatable bonds is 5. The fraction of sp³-hybridized carbons (Fsp3) is 0.600. The molecule has 0 aliphatic carbocycles. The van der Waals surface area contributed by atoms with Crippen LogP contribution in [0.25, 0.3) is 0 Å². The van der Waals surface area contributed by atoms with E-state index in [0.29, 0.717) is 38.2 Å². The number of aliphatic carboxylic acids is 1. The maximum atomic E-state index is 12.6. The molecule has 1 aliphatic heterocycles. The highest BCUT2D eigenvalue weighted by molar-refractivity contribution is 5.76. The molecule has 8 heteroatoms. The molecule has 1 fully saturated rings. The minimum absolute atomic E-state index is 0.212. The molecule has 1 aromatic heterocycles. The summed E-state index contributed by atoms with van der Waals surface area (Å²) in [6.07, 6.45) is -2.14. The van der Waals surface area contributed by atoms with E-state index >= 15 is 0 Å². The predicted octanol–water partition coefficient (Wildman–Crippen LogP) is 2.81. The van der Waals surface area contributed by atoms with Gasteiger partial charge < -0.3 is 14.7 Å². The molecule has 2 rings (SSSR count). The minimum atomic E-state index is -4.43. The molecule has 5 nitrogen and oxygen atoms in total. The van der Waals surface area contributed by atoms with Crippen LogP contribution in [-0.4, -0.2) is 42.9 Å². The Kier molecular flexibility index (Phi) is 5.13. The van der Waals surface area contributed by atoms with Gasteiger partial charge in [-0.25, -0.2) is 4.98 Å². The third-order valence-corrected chi connectivity index (χ3v) is 4.21. The molecule has 1 saturated heterocycles. The predicted molar refractivity (Wildman–Crippen MR) is 77.2 cm³/mol. The minimum Gasteiger partial charge on any atom is -0.481 e. The average molecular weight is 332 g/mol. The van der Waals surface area contributed by atoms with Crippen molar-refractivity contribution >= 4 is 11.8 Å². The van der Waals surface area contributed by atoms with Crippen molar-refractivity contribution < 1.29 is 27.8 Å². The zero-order chi connectivity index (χ0) is 17.1. The number of ether oxygens (including phenoxy) is 1. The molecule has 0 unspecified atom stereocenters. The summed E-state index contributed by atoms with van der Waals surface area (Å²) in [5, 5.41) is 9.58. The molecule has 1 atom stereocenters. The van der Waals surface area contributed by atoms with Crippen LogP contribution in [0.5, 0.6) is 0 Å². The van der Waals surface area contributed by atoms with Crippen molar-refractivity contribution in [3.05, 3.63) is 23.9 Å². The summed E-state index contributed by atoms with van der Waals surface area (Å²) >= 11 is 0. The van der Waals surface area contributed by atoms with Crippen molar-refractivity contribution in [3.63, 3.8) is 0 Å². The van der Waals surface area contributed by atoms with E-state index in [1.165, 1.54) is 13.2 Å². The normalized spacial score (nSPS) is 22.2. The number of nitrogens with zero attached hydrogens (tertiary/aromatic N) is 2. The molecule has 128 valence electrons. The van der Waals surface area contributed by atoms with Gasteiger partial charge in [0.15, 0.2) is 0 Å². The van der Waals surface area contributed by atoms with E-state index in [1.54, 1.807) is 4.90 Å². The van der Waals surface area contributed by atoms with Gasteiger partial charge in [0.2, 0.25) is 0 Å². The maximum absolute atomic E-state index is 12.6. The van der Waals surface area contributed by atoms with Gasteiger partial charge in [-0.1, -0.05) is 0 Å². The number of piperidine rings is 1. The van der Waals surface area contributed by atoms with Crippen LogP contribution in [0.4, 0.5) is 19.0 Å². The monoisotopic (exact) mass is 332 g/mol. The highest BCUT2D eigenvalue weighted by Crippen LogP contribution is 2.36. The van der Waals surface area contributed by atoms with Crippen LogP contribution in [-0.2, 0) is 15.7 Å². The third-order valence-electron chi connectivity index (χ3n) is 4.21. The Bertz CT molecular complexity index is 548. The first-order valence-electron chi connectivity index (χ1n) is 7.29. The number of methoxy groups -OCH3 is 1. The van der Waals surface area contributed by atoms with Gasteiger partial charge >= 0.3 is 12.1 Å². The summed E-state index contributed by atoms with van der Waals surface area (Å²) in [5.74, 6) is -0.549. The van der Waals surface area contributed by atoms with Crippen LogP contribution < -0.4 is 4.90 Å². The van der Waals surface area contributed by atoms with Crippen LogP contribution in [0, 0.1) is 5.41 Å². The second kappa shape index (κ2) is 6.74. The fourth-order valence-electron chi connectivity index (χ4n) is 2.85. The van der Waals surface area contributed by atoms with Gasteiger partial charge in [0.25, 0.3) is 0 Å². The first-order valence-corrected chi connectivity index (χ1v) is 7.29. The summed E-state index contributed by atoms with van der Waals surface area (Å²) in [5.41, 5.74) is -1.78. The van der Waals surface area contributed by atoms with Crippen LogP contribution >= 0.6 is 0 Å². The molecule has 0 radical (unpaired) electrons. The fourth-order valence-corrected chi connectivity index (χ4v) is 2.85. The summed E-state index contributed by atoms with van der Waals surface area (Å²) in [7, 11) is 1.51. The number of hydrogen-bond donors (Lipinski definition) is 1. The molecule has 1 N–H and O–H groups in total. The van der Waals surface area contributed by atoms with Crippen LogP contribution in [0.2, 0.25) is 0 Å². The Hall–Kier alpha value is -1.83. The van der Waals surface area contributed by atoms with Gasteiger partial charge in [-0.15, -0.1) is 0 Å². The van der Waals surface area contributed by atoms with Gasteiger partial charge in [-0.3, -0.25) is 4.79 Å². The van der Waals surface area contributed by atoms with Crippen LogP contribution in [0.1, 0.15) is 24.8 Å². The van der Waals surface area contributed by atoms with Gasteiger partial charge in [-0.05, 0) is 31.4 Å². The molecule has 1 aromatic rings. The van der Waals surface area contributed by atoms with Crippen molar-refractivity contribution in [1.82, 2.24) is 4.98 Å². The lowest BCUT2D eigenvalue weighted by Gasteiger charge is -2.40. The number of hydrogen-bond acceptors (Lipinski definition) is 4. The molecule has 2 heterocycles. The molecule has 0 spiro atoms. The zero-order valence-corrected chi connectivity index (χ0v) is 12.8. The second-order valence-corrected chi connectivity index (χ2v) is 5.76. The third kappa shape index (κ3) is 3.93. The molecular formula is C15H19F3N2O3. The first kappa shape index (κ1) is 17.5. The van der Waals surface area contributed by atoms with E-state index in [1.807, 2.05) is 0 Å². The Morgan fingerprint density at radius 2 is 2.22 bits per heavy atom.